The number of nitrogens with zero attached hydrogens (tertiary/aromatic N) is 3. The number of hydrogen-bond acceptors (Lipinski definition) is 10. The molecule has 4 aliphatic heterocycles. The average Bonchev–Trinajstić information content (AvgIpc) is 3.85. The van der Waals surface area contributed by atoms with Crippen LogP contribution in [0.15, 0.2) is 102 Å². The van der Waals surface area contributed by atoms with E-state index in [9.17, 15) is 28.8 Å². The van der Waals surface area contributed by atoms with E-state index in [1.54, 1.807) is 49.2 Å². The highest BCUT2D eigenvalue weighted by Crippen LogP contribution is 2.42. The average molecular weight is 958 g/mol. The summed E-state index contributed by atoms with van der Waals surface area (Å²) in [7, 11) is 1.50. The van der Waals surface area contributed by atoms with Gasteiger partial charge in [-0.3, -0.25) is 38.7 Å². The number of rotatable bonds is 18. The Bertz CT molecular complexity index is 3030. The van der Waals surface area contributed by atoms with Gasteiger partial charge in [-0.2, -0.15) is 0 Å². The summed E-state index contributed by atoms with van der Waals surface area (Å²) < 4.78 is 18.7. The lowest BCUT2D eigenvalue weighted by atomic mass is 9.99. The molecule has 0 unspecified atom stereocenters. The Hall–Kier alpha value is -8.07. The number of aliphatic imine (C=N–C) groups is 1. The predicted octanol–water partition coefficient (Wildman–Crippen LogP) is 8.73. The highest BCUT2D eigenvalue weighted by molar-refractivity contribution is 6.15. The van der Waals surface area contributed by atoms with Crippen molar-refractivity contribution in [3.05, 3.63) is 142 Å². The van der Waals surface area contributed by atoms with Crippen molar-refractivity contribution >= 4 is 70.4 Å². The van der Waals surface area contributed by atoms with Crippen LogP contribution in [0.25, 0.3) is 6.08 Å². The number of unbranched alkanes of at least 4 members (excludes halogenated alkanes) is 1. The first-order valence-electron chi connectivity index (χ1n) is 23.9. The van der Waals surface area contributed by atoms with Crippen LogP contribution < -0.4 is 34.6 Å². The maximum absolute atomic E-state index is 14.0. The lowest BCUT2D eigenvalue weighted by molar-refractivity contribution is -0.137. The van der Waals surface area contributed by atoms with E-state index in [4.69, 9.17) is 24.3 Å². The molecular formula is C56H55N5O10. The number of fused-ring (bicyclic) bond motifs is 8. The molecule has 0 saturated heterocycles. The number of carbonyl (C=O) groups is 6. The van der Waals surface area contributed by atoms with Gasteiger partial charge in [0.2, 0.25) is 11.8 Å². The van der Waals surface area contributed by atoms with Gasteiger partial charge in [-0.15, -0.1) is 0 Å². The summed E-state index contributed by atoms with van der Waals surface area (Å²) >= 11 is 0. The molecule has 0 aromatic heterocycles. The van der Waals surface area contributed by atoms with Gasteiger partial charge in [-0.25, -0.2) is 0 Å². The number of methoxy groups -OCH3 is 1. The molecule has 3 N–H and O–H groups in total. The Balaban J connectivity index is 0.932. The zero-order valence-corrected chi connectivity index (χ0v) is 40.0. The van der Waals surface area contributed by atoms with Crippen molar-refractivity contribution in [3.63, 3.8) is 0 Å². The molecule has 364 valence electrons. The van der Waals surface area contributed by atoms with Gasteiger partial charge in [0.1, 0.15) is 19.0 Å². The number of benzene rings is 5. The summed E-state index contributed by atoms with van der Waals surface area (Å²) in [6.45, 7) is 5.19. The molecule has 5 aromatic rings. The van der Waals surface area contributed by atoms with Gasteiger partial charge < -0.3 is 34.9 Å². The lowest BCUT2D eigenvalue weighted by Gasteiger charge is -2.22. The minimum Gasteiger partial charge on any atom is -0.493 e. The maximum Gasteiger partial charge on any atom is 0.303 e. The van der Waals surface area contributed by atoms with Crippen LogP contribution in [0.1, 0.15) is 100 Å². The fourth-order valence-corrected chi connectivity index (χ4v) is 9.66. The van der Waals surface area contributed by atoms with Gasteiger partial charge in [-0.05, 0) is 115 Å². The normalized spacial score (nSPS) is 16.8. The number of Topliss-reactive ketones (excluding diaryl/α,β-unsaturated/α-hetero) is 1. The van der Waals surface area contributed by atoms with Gasteiger partial charge in [-0.1, -0.05) is 55.5 Å². The monoisotopic (exact) mass is 957 g/mol. The molecule has 15 nitrogen and oxygen atoms in total. The number of ketones is 1. The predicted molar refractivity (Wildman–Crippen MR) is 269 cm³/mol. The molecule has 0 radical (unpaired) electrons. The number of amides is 4. The van der Waals surface area contributed by atoms with Crippen molar-refractivity contribution in [2.24, 2.45) is 10.9 Å². The third-order valence-electron chi connectivity index (χ3n) is 13.4. The number of anilines is 3. The second-order valence-corrected chi connectivity index (χ2v) is 18.6. The van der Waals surface area contributed by atoms with E-state index in [1.807, 2.05) is 78.6 Å². The third kappa shape index (κ3) is 10.3. The van der Waals surface area contributed by atoms with Crippen molar-refractivity contribution in [3.8, 4) is 17.2 Å². The Labute approximate surface area is 411 Å². The van der Waals surface area contributed by atoms with Gasteiger partial charge in [0.05, 0.1) is 36.5 Å². The smallest absolute Gasteiger partial charge is 0.303 e. The fourth-order valence-electron chi connectivity index (χ4n) is 9.66. The summed E-state index contributed by atoms with van der Waals surface area (Å²) in [6, 6.07) is 27.2. The molecule has 9 rings (SSSR count). The van der Waals surface area contributed by atoms with Crippen LogP contribution in [0, 0.1) is 12.8 Å². The van der Waals surface area contributed by atoms with Crippen molar-refractivity contribution in [1.29, 1.82) is 0 Å². The number of carboxylic acids is 1. The number of carboxylic acid groups (broad SMARTS) is 1. The first-order valence-corrected chi connectivity index (χ1v) is 23.9. The number of carbonyl (C=O) groups excluding carboxylic acids is 5. The van der Waals surface area contributed by atoms with Gasteiger partial charge in [0, 0.05) is 66.5 Å². The van der Waals surface area contributed by atoms with Crippen molar-refractivity contribution in [2.75, 3.05) is 22.2 Å². The summed E-state index contributed by atoms with van der Waals surface area (Å²) in [4.78, 5) is 86.6. The van der Waals surface area contributed by atoms with Crippen LogP contribution in [-0.4, -0.2) is 71.9 Å². The highest BCUT2D eigenvalue weighted by Gasteiger charge is 2.37. The molecule has 0 spiro atoms. The molecule has 0 aliphatic carbocycles. The second kappa shape index (κ2) is 20.5. The van der Waals surface area contributed by atoms with E-state index < -0.39 is 23.8 Å². The quantitative estimate of drug-likeness (QED) is 0.0716. The Morgan fingerprint density at radius 2 is 1.39 bits per heavy atom. The van der Waals surface area contributed by atoms with Gasteiger partial charge in [0.25, 0.3) is 11.8 Å². The Morgan fingerprint density at radius 1 is 0.761 bits per heavy atom. The molecule has 0 bridgehead atoms. The Kier molecular flexibility index (Phi) is 13.8. The number of hydrogen-bond donors (Lipinski definition) is 3. The largest absolute Gasteiger partial charge is 0.493 e. The molecule has 71 heavy (non-hydrogen) atoms. The molecule has 0 fully saturated rings. The van der Waals surface area contributed by atoms with Crippen LogP contribution in [0.3, 0.4) is 0 Å². The number of aliphatic carboxylic acids is 1. The van der Waals surface area contributed by atoms with E-state index in [1.165, 1.54) is 7.11 Å². The number of aryl methyl sites for hydroxylation is 1. The molecular weight excluding hydrogens is 903 g/mol. The van der Waals surface area contributed by atoms with E-state index in [0.29, 0.717) is 70.1 Å². The summed E-state index contributed by atoms with van der Waals surface area (Å²) in [5.74, 6) is -1.81. The number of nitrogens with one attached hydrogen (secondary N) is 2. The molecule has 4 heterocycles. The topological polar surface area (TPSA) is 193 Å². The number of ether oxygens (including phenoxy) is 3. The van der Waals surface area contributed by atoms with Crippen molar-refractivity contribution in [1.82, 2.24) is 5.32 Å². The molecule has 15 heteroatoms. The third-order valence-corrected chi connectivity index (χ3v) is 13.4. The number of para-hydroxylation sites is 2. The standard InChI is InChI=1S/C56H55N5O10/c1-32-19-43-37(17-18-41-24-38-11-5-7-13-46(38)60(41)55(43)67)26-49(32)70-30-35-21-36(23-40(22-35)59-54(66)33(2)20-48(62)34(3)58-52(63)15-9-10-16-53(64)65)31-71-51-28-45-44(27-50(51)69-4)56(68)61-42(29-57-45)25-39-12-6-8-14-47(39)61/h5-8,11-14,17-19,21-23,26-29,33-34,41-42H,9-10,15-16,20,24-25,30-31H2,1-4H3,(H,58,63)(H,59,66)(H,64,65)/t33-,34+,41-,42+/m1/s1. The molecule has 4 aliphatic rings. The first kappa shape index (κ1) is 48.0. The van der Waals surface area contributed by atoms with E-state index in [2.05, 4.69) is 22.8 Å². The first-order chi connectivity index (χ1) is 34.2. The van der Waals surface area contributed by atoms with E-state index in [-0.39, 0.29) is 68.1 Å². The Morgan fingerprint density at radius 3 is 2.08 bits per heavy atom. The lowest BCUT2D eigenvalue weighted by Crippen LogP contribution is -2.39. The van der Waals surface area contributed by atoms with Gasteiger partial charge in [0.15, 0.2) is 17.3 Å². The van der Waals surface area contributed by atoms with Crippen molar-refractivity contribution < 1.29 is 48.1 Å². The van der Waals surface area contributed by atoms with Crippen LogP contribution in [0.2, 0.25) is 0 Å². The highest BCUT2D eigenvalue weighted by atomic mass is 16.5. The van der Waals surface area contributed by atoms with Crippen LogP contribution in [-0.2, 0) is 45.2 Å². The molecule has 0 saturated carbocycles. The van der Waals surface area contributed by atoms with Crippen molar-refractivity contribution in [2.45, 2.75) is 97.1 Å². The maximum atomic E-state index is 14.0. The zero-order valence-electron chi connectivity index (χ0n) is 40.0. The zero-order chi connectivity index (χ0) is 49.9. The van der Waals surface area contributed by atoms with Gasteiger partial charge >= 0.3 is 5.97 Å². The summed E-state index contributed by atoms with van der Waals surface area (Å²) in [5.41, 5.74) is 8.68. The van der Waals surface area contributed by atoms with Crippen LogP contribution in [0.4, 0.5) is 22.7 Å². The molecule has 4 atom stereocenters. The minimum atomic E-state index is -0.935. The van der Waals surface area contributed by atoms with Crippen LogP contribution in [0.5, 0.6) is 17.2 Å². The summed E-state index contributed by atoms with van der Waals surface area (Å²) in [5, 5.41) is 14.5. The minimum absolute atomic E-state index is 0.0127. The van der Waals surface area contributed by atoms with Crippen LogP contribution >= 0.6 is 0 Å². The SMILES string of the molecule is COc1cc2c(cc1OCc1cc(COc3cc4c(cc3C)C(=O)N3c5ccccc5C[C@H]3C=C4)cc(NC(=O)[C@H](C)CC(=O)[C@H](C)NC(=O)CCCCC(=O)O)c1)N=C[C@@H]1Cc3ccccc3N1C2=O. The summed E-state index contributed by atoms with van der Waals surface area (Å²) in [6.07, 6.45) is 7.86. The van der Waals surface area contributed by atoms with E-state index >= 15 is 0 Å². The fraction of sp³-hybridized carbons (Fsp3) is 0.304. The molecule has 4 amide bonds. The second-order valence-electron chi connectivity index (χ2n) is 18.6. The van der Waals surface area contributed by atoms with E-state index in [0.717, 1.165) is 40.0 Å². The molecule has 5 aromatic carbocycles.